The highest BCUT2D eigenvalue weighted by Crippen LogP contribution is 2.42. The zero-order valence-corrected chi connectivity index (χ0v) is 41.6. The lowest BCUT2D eigenvalue weighted by Gasteiger charge is -2.24. The summed E-state index contributed by atoms with van der Waals surface area (Å²) in [6, 6.07) is 20.9. The molecule has 0 radical (unpaired) electrons. The van der Waals surface area contributed by atoms with Crippen molar-refractivity contribution in [3.63, 3.8) is 0 Å². The summed E-state index contributed by atoms with van der Waals surface area (Å²) in [6.07, 6.45) is 15.2. The van der Waals surface area contributed by atoms with Gasteiger partial charge in [0.25, 0.3) is 0 Å². The van der Waals surface area contributed by atoms with E-state index < -0.39 is 0 Å². The zero-order valence-electron chi connectivity index (χ0n) is 38.4. The molecule has 2 fully saturated rings. The van der Waals surface area contributed by atoms with Gasteiger partial charge in [0.2, 0.25) is 0 Å². The Morgan fingerprint density at radius 2 is 1.03 bits per heavy atom. The van der Waals surface area contributed by atoms with Crippen molar-refractivity contribution in [2.24, 2.45) is 0 Å². The molecule has 20 nitrogen and oxygen atoms in total. The van der Waals surface area contributed by atoms with Gasteiger partial charge in [0.15, 0.2) is 12.5 Å². The Kier molecular flexibility index (Phi) is 13.8. The van der Waals surface area contributed by atoms with Crippen LogP contribution < -0.4 is 26.7 Å². The molecule has 24 heteroatoms. The van der Waals surface area contributed by atoms with Crippen molar-refractivity contribution in [2.75, 3.05) is 30.4 Å². The number of nitrogens with zero attached hydrogens (tertiary/aromatic N) is 10. The molecule has 11 aromatic rings. The summed E-state index contributed by atoms with van der Waals surface area (Å²) in [6.45, 7) is 2.36. The standard InChI is InChI=1S/C19H20N6O2S.C15H15ClN4OS.C14H12N6OS/c20-17-10-15(27-11-12-4-6-21-24-12)19-13(23-17)9-16(28-19)14-5-7-22-25(14)18-3-1-2-8-26-18;16-9-7-13(17)19-10-8-12(22-15(9)10)11-4-5-18-20(11)14-3-1-2-6-21-14;15-13-6-11(21-7-8-1-3-16-19-8)14-10(18-13)5-12(22-14)9-2-4-17-20-9/h4-7,9-10,18H,1-3,8,11H2,(H2,20,23)(H,21,24);4-5,7-8,14H,1-3,6H2,(H2,17,19);1-6H,7H2,(H2,15,18)(H,16,19)(H,17,20). The monoisotopic (exact) mass is 1040 g/mol. The lowest BCUT2D eigenvalue weighted by atomic mass is 10.2. The molecule has 0 aliphatic carbocycles. The van der Waals surface area contributed by atoms with E-state index in [0.29, 0.717) is 47.2 Å². The molecule has 72 heavy (non-hydrogen) atoms. The van der Waals surface area contributed by atoms with Crippen LogP contribution >= 0.6 is 45.6 Å². The predicted octanol–water partition coefficient (Wildman–Crippen LogP) is 10.4. The number of halogens is 1. The number of nitrogen functional groups attached to an aromatic ring is 3. The van der Waals surface area contributed by atoms with Crippen LogP contribution in [0.4, 0.5) is 17.5 Å². The number of hydrogen-bond donors (Lipinski definition) is 6. The van der Waals surface area contributed by atoms with Crippen LogP contribution in [0.1, 0.15) is 62.4 Å². The van der Waals surface area contributed by atoms with E-state index in [1.165, 1.54) is 6.42 Å². The van der Waals surface area contributed by atoms with E-state index in [-0.39, 0.29) is 12.5 Å². The van der Waals surface area contributed by atoms with Gasteiger partial charge in [-0.2, -0.15) is 25.5 Å². The van der Waals surface area contributed by atoms with E-state index in [4.69, 9.17) is 47.7 Å². The van der Waals surface area contributed by atoms with E-state index in [1.807, 2.05) is 64.1 Å². The molecule has 2 saturated heterocycles. The minimum absolute atomic E-state index is 0.0115. The van der Waals surface area contributed by atoms with Crippen LogP contribution in [0.2, 0.25) is 5.02 Å². The first-order valence-corrected chi connectivity index (χ1v) is 25.9. The van der Waals surface area contributed by atoms with Gasteiger partial charge in [-0.05, 0) is 87.1 Å². The van der Waals surface area contributed by atoms with Crippen molar-refractivity contribution in [3.8, 4) is 43.2 Å². The molecule has 2 aliphatic rings. The smallest absolute Gasteiger partial charge is 0.150 e. The van der Waals surface area contributed by atoms with Gasteiger partial charge in [0.1, 0.15) is 42.2 Å². The fraction of sp³-hybridized carbons (Fsp3) is 0.250. The first-order valence-electron chi connectivity index (χ1n) is 23.1. The molecule has 0 aromatic carbocycles. The fourth-order valence-electron chi connectivity index (χ4n) is 8.37. The number of hydrogen-bond acceptors (Lipinski definition) is 18. The Morgan fingerprint density at radius 3 is 1.51 bits per heavy atom. The average molecular weight is 1040 g/mol. The molecule has 2 aliphatic heterocycles. The average Bonchev–Trinajstić information content (AvgIpc) is 4.24. The first-order chi connectivity index (χ1) is 35.3. The maximum absolute atomic E-state index is 6.27. The number of H-pyrrole nitrogens is 3. The van der Waals surface area contributed by atoms with Crippen molar-refractivity contribution >= 4 is 93.7 Å². The molecule has 0 bridgehead atoms. The van der Waals surface area contributed by atoms with Gasteiger partial charge in [0.05, 0.1) is 78.8 Å². The molecule has 0 saturated carbocycles. The number of aromatic nitrogens is 13. The predicted molar refractivity (Wildman–Crippen MR) is 281 cm³/mol. The fourth-order valence-corrected chi connectivity index (χ4v) is 11.8. The van der Waals surface area contributed by atoms with Crippen LogP contribution in [0.25, 0.3) is 62.4 Å². The van der Waals surface area contributed by atoms with Crippen LogP contribution in [0.15, 0.2) is 97.7 Å². The van der Waals surface area contributed by atoms with Crippen molar-refractivity contribution < 1.29 is 18.9 Å². The van der Waals surface area contributed by atoms with E-state index in [2.05, 4.69) is 55.7 Å². The van der Waals surface area contributed by atoms with Crippen LogP contribution in [-0.2, 0) is 22.7 Å². The van der Waals surface area contributed by atoms with Crippen molar-refractivity contribution in [1.29, 1.82) is 0 Å². The Hall–Kier alpha value is -7.41. The summed E-state index contributed by atoms with van der Waals surface area (Å²) < 4.78 is 30.4. The highest BCUT2D eigenvalue weighted by molar-refractivity contribution is 7.23. The molecule has 13 rings (SSSR count). The molecule has 11 aromatic heterocycles. The Balaban J connectivity index is 0.000000118. The van der Waals surface area contributed by atoms with Crippen LogP contribution in [0, 0.1) is 0 Å². The number of aromatic amines is 3. The number of rotatable bonds is 11. The first kappa shape index (κ1) is 46.9. The maximum Gasteiger partial charge on any atom is 0.150 e. The minimum Gasteiger partial charge on any atom is -0.486 e. The van der Waals surface area contributed by atoms with Gasteiger partial charge >= 0.3 is 0 Å². The molecular weight excluding hydrogens is 996 g/mol. The molecule has 2 unspecified atom stereocenters. The SMILES string of the molecule is Nc1cc(Cl)c2sc(-c3ccnn3C3CCCCO3)cc2n1.Nc1cc(OCc2ccn[nH]2)c2sc(-c3ccn[nH]3)cc2n1.Nc1cc(OCc2ccn[nH]2)c2sc(-c3ccnn3C3CCCCO3)cc2n1. The van der Waals surface area contributed by atoms with Gasteiger partial charge in [-0.3, -0.25) is 15.3 Å². The van der Waals surface area contributed by atoms with Gasteiger partial charge in [-0.1, -0.05) is 11.6 Å². The number of ether oxygens (including phenoxy) is 4. The number of nitrogens with two attached hydrogens (primary N) is 3. The molecule has 0 spiro atoms. The van der Waals surface area contributed by atoms with Gasteiger partial charge in [0, 0.05) is 62.4 Å². The highest BCUT2D eigenvalue weighted by Gasteiger charge is 2.23. The van der Waals surface area contributed by atoms with Crippen molar-refractivity contribution in [3.05, 3.63) is 114 Å². The molecule has 9 N–H and O–H groups in total. The summed E-state index contributed by atoms with van der Waals surface area (Å²) in [7, 11) is 0. The quantitative estimate of drug-likeness (QED) is 0.0703. The van der Waals surface area contributed by atoms with Crippen molar-refractivity contribution in [2.45, 2.75) is 64.2 Å². The summed E-state index contributed by atoms with van der Waals surface area (Å²) in [5.41, 5.74) is 24.9. The summed E-state index contributed by atoms with van der Waals surface area (Å²) in [5.74, 6) is 2.73. The largest absolute Gasteiger partial charge is 0.486 e. The molecule has 13 heterocycles. The Bertz CT molecular complexity index is 3540. The number of thiophene rings is 3. The van der Waals surface area contributed by atoms with Gasteiger partial charge in [-0.25, -0.2) is 24.3 Å². The van der Waals surface area contributed by atoms with E-state index in [9.17, 15) is 0 Å². The topological polar surface area (TPSA) is 275 Å². The van der Waals surface area contributed by atoms with Crippen LogP contribution in [-0.4, -0.2) is 78.3 Å². The number of anilines is 3. The number of fused-ring (bicyclic) bond motifs is 3. The number of pyridine rings is 3. The minimum atomic E-state index is -0.0157. The van der Waals surface area contributed by atoms with E-state index >= 15 is 0 Å². The van der Waals surface area contributed by atoms with Gasteiger partial charge < -0.3 is 36.1 Å². The second-order valence-electron chi connectivity index (χ2n) is 16.8. The third kappa shape index (κ3) is 10.3. The van der Waals surface area contributed by atoms with E-state index in [0.717, 1.165) is 119 Å². The van der Waals surface area contributed by atoms with E-state index in [1.54, 1.807) is 77.0 Å². The van der Waals surface area contributed by atoms with Crippen LogP contribution in [0.5, 0.6) is 11.5 Å². The third-order valence-electron chi connectivity index (χ3n) is 11.7. The molecule has 368 valence electrons. The van der Waals surface area contributed by atoms with Crippen molar-refractivity contribution in [1.82, 2.24) is 65.1 Å². The van der Waals surface area contributed by atoms with Gasteiger partial charge in [-0.15, -0.1) is 34.0 Å². The summed E-state index contributed by atoms with van der Waals surface area (Å²) >= 11 is 11.1. The second-order valence-corrected chi connectivity index (χ2v) is 20.3. The summed E-state index contributed by atoms with van der Waals surface area (Å²) in [5, 5.41) is 30.1. The normalized spacial score (nSPS) is 15.8. The van der Waals surface area contributed by atoms with Crippen LogP contribution in [0.3, 0.4) is 0 Å². The Morgan fingerprint density at radius 1 is 0.556 bits per heavy atom. The second kappa shape index (κ2) is 21.1. The molecule has 0 amide bonds. The Labute approximate surface area is 427 Å². The molecular formula is C48H47ClN16O4S3. The maximum atomic E-state index is 6.27. The number of nitrogens with one attached hydrogen (secondary N) is 3. The third-order valence-corrected chi connectivity index (χ3v) is 15.7. The molecule has 2 atom stereocenters. The lowest BCUT2D eigenvalue weighted by molar-refractivity contribution is -0.0384. The highest BCUT2D eigenvalue weighted by atomic mass is 35.5. The lowest BCUT2D eigenvalue weighted by Crippen LogP contribution is -2.19. The summed E-state index contributed by atoms with van der Waals surface area (Å²) in [4.78, 5) is 16.4. The zero-order chi connectivity index (χ0) is 49.0.